The zero-order valence-corrected chi connectivity index (χ0v) is 20.5. The lowest BCUT2D eigenvalue weighted by Crippen LogP contribution is -2.32. The van der Waals surface area contributed by atoms with Gasteiger partial charge in [0.2, 0.25) is 11.1 Å². The lowest BCUT2D eigenvalue weighted by Gasteiger charge is -2.25. The van der Waals surface area contributed by atoms with Gasteiger partial charge in [0.05, 0.1) is 5.25 Å². The van der Waals surface area contributed by atoms with Crippen LogP contribution in [-0.2, 0) is 4.79 Å². The Bertz CT molecular complexity index is 1390. The van der Waals surface area contributed by atoms with Gasteiger partial charge in [-0.05, 0) is 31.2 Å². The Morgan fingerprint density at radius 1 is 0.639 bits per heavy atom. The van der Waals surface area contributed by atoms with Gasteiger partial charge >= 0.3 is 0 Å². The van der Waals surface area contributed by atoms with Crippen LogP contribution >= 0.6 is 11.8 Å². The fraction of sp³-hybridized carbons (Fsp3) is 0.0667. The summed E-state index contributed by atoms with van der Waals surface area (Å²) < 4.78 is 0. The van der Waals surface area contributed by atoms with E-state index in [1.165, 1.54) is 11.8 Å². The molecule has 0 unspecified atom stereocenters. The predicted molar refractivity (Wildman–Crippen MR) is 146 cm³/mol. The molecule has 4 aromatic carbocycles. The molecule has 6 heteroatoms. The molecular formula is C30H24N4OS. The van der Waals surface area contributed by atoms with Gasteiger partial charge in [0.25, 0.3) is 0 Å². The van der Waals surface area contributed by atoms with Crippen LogP contribution in [0.3, 0.4) is 0 Å². The number of carbonyl (C=O) groups excluding carboxylic acids is 1. The highest BCUT2D eigenvalue weighted by Crippen LogP contribution is 2.33. The molecule has 0 fully saturated rings. The zero-order valence-electron chi connectivity index (χ0n) is 19.7. The minimum Gasteiger partial charge on any atom is -0.280 e. The molecule has 0 aliphatic rings. The maximum Gasteiger partial charge on any atom is 0.244 e. The molecule has 0 aliphatic carbocycles. The number of carbonyl (C=O) groups is 1. The van der Waals surface area contributed by atoms with E-state index in [4.69, 9.17) is 4.98 Å². The van der Waals surface area contributed by atoms with Gasteiger partial charge in [-0.1, -0.05) is 109 Å². The van der Waals surface area contributed by atoms with Crippen LogP contribution in [0.25, 0.3) is 22.5 Å². The summed E-state index contributed by atoms with van der Waals surface area (Å²) in [4.78, 5) is 20.3. The van der Waals surface area contributed by atoms with Crippen molar-refractivity contribution in [2.75, 3.05) is 4.90 Å². The molecule has 1 atom stereocenters. The van der Waals surface area contributed by atoms with Gasteiger partial charge in [0, 0.05) is 22.5 Å². The van der Waals surface area contributed by atoms with Gasteiger partial charge in [-0.3, -0.25) is 9.69 Å². The molecule has 0 aliphatic heterocycles. The maximum atomic E-state index is 13.7. The Kier molecular flexibility index (Phi) is 7.15. The molecule has 36 heavy (non-hydrogen) atoms. The van der Waals surface area contributed by atoms with E-state index in [-0.39, 0.29) is 5.91 Å². The quantitative estimate of drug-likeness (QED) is 0.230. The van der Waals surface area contributed by atoms with Crippen molar-refractivity contribution in [3.8, 4) is 22.5 Å². The summed E-state index contributed by atoms with van der Waals surface area (Å²) in [6.45, 7) is 1.88. The third kappa shape index (κ3) is 5.19. The predicted octanol–water partition coefficient (Wildman–Crippen LogP) is 7.05. The van der Waals surface area contributed by atoms with Crippen molar-refractivity contribution in [1.82, 2.24) is 15.2 Å². The van der Waals surface area contributed by atoms with Crippen molar-refractivity contribution in [3.63, 3.8) is 0 Å². The molecule has 0 saturated carbocycles. The number of hydrogen-bond donors (Lipinski definition) is 0. The first kappa shape index (κ1) is 23.5. The second-order valence-corrected chi connectivity index (χ2v) is 9.44. The molecule has 0 radical (unpaired) electrons. The van der Waals surface area contributed by atoms with Crippen molar-refractivity contribution in [3.05, 3.63) is 121 Å². The van der Waals surface area contributed by atoms with Crippen molar-refractivity contribution >= 4 is 29.0 Å². The Hall–Kier alpha value is -4.29. The van der Waals surface area contributed by atoms with Gasteiger partial charge in [0.1, 0.15) is 11.4 Å². The van der Waals surface area contributed by atoms with Crippen LogP contribution in [0.2, 0.25) is 0 Å². The average Bonchev–Trinajstić information content (AvgIpc) is 2.95. The van der Waals surface area contributed by atoms with Crippen LogP contribution in [0.5, 0.6) is 0 Å². The van der Waals surface area contributed by atoms with E-state index in [0.717, 1.165) is 28.2 Å². The molecule has 5 aromatic rings. The highest BCUT2D eigenvalue weighted by Gasteiger charge is 2.26. The van der Waals surface area contributed by atoms with E-state index in [1.54, 1.807) is 4.90 Å². The van der Waals surface area contributed by atoms with Crippen molar-refractivity contribution in [1.29, 1.82) is 0 Å². The largest absolute Gasteiger partial charge is 0.280 e. The van der Waals surface area contributed by atoms with Crippen LogP contribution in [-0.4, -0.2) is 26.3 Å². The lowest BCUT2D eigenvalue weighted by atomic mass is 10.0. The SMILES string of the molecule is C[C@H](Sc1nnc(-c2ccccc2)c(-c2ccccc2)n1)C(=O)N(c1ccccc1)c1ccccc1. The van der Waals surface area contributed by atoms with Gasteiger partial charge in [0.15, 0.2) is 0 Å². The van der Waals surface area contributed by atoms with Gasteiger partial charge in [-0.25, -0.2) is 4.98 Å². The molecule has 1 heterocycles. The topological polar surface area (TPSA) is 59.0 Å². The molecule has 1 amide bonds. The van der Waals surface area contributed by atoms with Gasteiger partial charge in [-0.15, -0.1) is 10.2 Å². The molecule has 0 saturated heterocycles. The average molecular weight is 489 g/mol. The zero-order chi connectivity index (χ0) is 24.7. The third-order valence-corrected chi connectivity index (χ3v) is 6.58. The minimum atomic E-state index is -0.446. The molecule has 1 aromatic heterocycles. The van der Waals surface area contributed by atoms with E-state index in [0.29, 0.717) is 10.9 Å². The van der Waals surface area contributed by atoms with Crippen LogP contribution in [0.15, 0.2) is 126 Å². The molecule has 0 bridgehead atoms. The number of amides is 1. The monoisotopic (exact) mass is 488 g/mol. The number of thioether (sulfide) groups is 1. The molecule has 5 nitrogen and oxygen atoms in total. The molecule has 5 rings (SSSR count). The minimum absolute atomic E-state index is 0.0607. The Labute approximate surface area is 214 Å². The normalized spacial score (nSPS) is 11.6. The molecule has 176 valence electrons. The third-order valence-electron chi connectivity index (χ3n) is 5.64. The van der Waals surface area contributed by atoms with Crippen LogP contribution in [0, 0.1) is 0 Å². The number of para-hydroxylation sites is 2. The highest BCUT2D eigenvalue weighted by molar-refractivity contribution is 8.00. The first-order valence-corrected chi connectivity index (χ1v) is 12.5. The fourth-order valence-corrected chi connectivity index (χ4v) is 4.65. The van der Waals surface area contributed by atoms with Crippen molar-refractivity contribution < 1.29 is 4.79 Å². The molecule has 0 N–H and O–H groups in total. The van der Waals surface area contributed by atoms with Gasteiger partial charge < -0.3 is 0 Å². The highest BCUT2D eigenvalue weighted by atomic mass is 32.2. The Morgan fingerprint density at radius 3 is 1.58 bits per heavy atom. The van der Waals surface area contributed by atoms with E-state index in [9.17, 15) is 4.79 Å². The number of aromatic nitrogens is 3. The van der Waals surface area contributed by atoms with Crippen molar-refractivity contribution in [2.45, 2.75) is 17.3 Å². The maximum absolute atomic E-state index is 13.7. The fourth-order valence-electron chi connectivity index (χ4n) is 3.90. The van der Waals surface area contributed by atoms with Crippen molar-refractivity contribution in [2.24, 2.45) is 0 Å². The standard InChI is InChI=1S/C30H24N4OS/c1-22(29(35)34(25-18-10-4-11-19-25)26-20-12-5-13-21-26)36-30-31-27(23-14-6-2-7-15-23)28(32-33-30)24-16-8-3-9-17-24/h2-22H,1H3/t22-/m0/s1. The summed E-state index contributed by atoms with van der Waals surface area (Å²) in [5.41, 5.74) is 4.95. The Balaban J connectivity index is 1.48. The summed E-state index contributed by atoms with van der Waals surface area (Å²) in [5.74, 6) is -0.0607. The summed E-state index contributed by atoms with van der Waals surface area (Å²) in [6.07, 6.45) is 0. The number of nitrogens with zero attached hydrogens (tertiary/aromatic N) is 4. The number of anilines is 2. The second kappa shape index (κ2) is 11.0. The summed E-state index contributed by atoms with van der Waals surface area (Å²) >= 11 is 1.31. The van der Waals surface area contributed by atoms with Crippen LogP contribution < -0.4 is 4.90 Å². The van der Waals surface area contributed by atoms with E-state index in [1.807, 2.05) is 128 Å². The second-order valence-electron chi connectivity index (χ2n) is 8.13. The van der Waals surface area contributed by atoms with E-state index < -0.39 is 5.25 Å². The Morgan fingerprint density at radius 2 is 1.08 bits per heavy atom. The summed E-state index contributed by atoms with van der Waals surface area (Å²) in [5, 5.41) is 8.95. The summed E-state index contributed by atoms with van der Waals surface area (Å²) in [7, 11) is 0. The molecular weight excluding hydrogens is 464 g/mol. The molecule has 0 spiro atoms. The van der Waals surface area contributed by atoms with Gasteiger partial charge in [-0.2, -0.15) is 0 Å². The van der Waals surface area contributed by atoms with Crippen LogP contribution in [0.4, 0.5) is 11.4 Å². The number of hydrogen-bond acceptors (Lipinski definition) is 5. The number of rotatable bonds is 7. The summed E-state index contributed by atoms with van der Waals surface area (Å²) in [6, 6.07) is 39.2. The first-order valence-electron chi connectivity index (χ1n) is 11.7. The first-order chi connectivity index (χ1) is 17.7. The number of benzene rings is 4. The lowest BCUT2D eigenvalue weighted by molar-refractivity contribution is -0.117. The van der Waals surface area contributed by atoms with E-state index in [2.05, 4.69) is 10.2 Å². The smallest absolute Gasteiger partial charge is 0.244 e. The van der Waals surface area contributed by atoms with E-state index >= 15 is 0 Å². The van der Waals surface area contributed by atoms with Crippen LogP contribution in [0.1, 0.15) is 6.92 Å².